The zero-order valence-corrected chi connectivity index (χ0v) is 11.3. The number of benzene rings is 1. The molecule has 0 saturated heterocycles. The molecule has 2 aromatic rings. The van der Waals surface area contributed by atoms with Gasteiger partial charge in [-0.2, -0.15) is 4.39 Å². The lowest BCUT2D eigenvalue weighted by atomic mass is 10.3. The van der Waals surface area contributed by atoms with Gasteiger partial charge in [0.1, 0.15) is 16.5 Å². The van der Waals surface area contributed by atoms with Crippen molar-refractivity contribution in [2.75, 3.05) is 10.5 Å². The zero-order chi connectivity index (χ0) is 14.9. The maximum atomic E-state index is 13.7. The van der Waals surface area contributed by atoms with Crippen LogP contribution in [0.4, 0.5) is 20.3 Å². The maximum Gasteiger partial charge on any atom is 0.266 e. The van der Waals surface area contributed by atoms with Gasteiger partial charge in [-0.15, -0.1) is 0 Å². The molecule has 2 rings (SSSR count). The van der Waals surface area contributed by atoms with Gasteiger partial charge in [0.15, 0.2) is 0 Å². The average molecular weight is 320 g/mol. The number of hydrogen-bond acceptors (Lipinski definition) is 4. The first-order valence-corrected chi connectivity index (χ1v) is 7.05. The molecule has 1 aromatic carbocycles. The fourth-order valence-electron chi connectivity index (χ4n) is 1.41. The van der Waals surface area contributed by atoms with Gasteiger partial charge in [-0.25, -0.2) is 17.8 Å². The molecular weight excluding hydrogens is 312 g/mol. The molecule has 3 N–H and O–H groups in total. The summed E-state index contributed by atoms with van der Waals surface area (Å²) in [6.07, 6.45) is 0. The third-order valence-electron chi connectivity index (χ3n) is 2.29. The van der Waals surface area contributed by atoms with Gasteiger partial charge in [-0.05, 0) is 24.3 Å². The Balaban J connectivity index is 2.43. The number of pyridine rings is 1. The molecule has 1 aromatic heterocycles. The summed E-state index contributed by atoms with van der Waals surface area (Å²) in [6, 6.07) is 5.17. The molecule has 0 bridgehead atoms. The van der Waals surface area contributed by atoms with Crippen LogP contribution in [0.25, 0.3) is 0 Å². The van der Waals surface area contributed by atoms with Crippen LogP contribution < -0.4 is 10.5 Å². The molecule has 0 radical (unpaired) electrons. The summed E-state index contributed by atoms with van der Waals surface area (Å²) in [5, 5.41) is -0.112. The highest BCUT2D eigenvalue weighted by Crippen LogP contribution is 2.26. The van der Waals surface area contributed by atoms with E-state index in [0.29, 0.717) is 0 Å². The van der Waals surface area contributed by atoms with E-state index >= 15 is 0 Å². The Hall–Kier alpha value is -1.93. The summed E-state index contributed by atoms with van der Waals surface area (Å²) in [7, 11) is -4.29. The second kappa shape index (κ2) is 5.22. The standard InChI is InChI=1S/C11H8ClF2N3O2S/c12-6-4-9(7(13)5-8(6)15)20(18,19)17-11-3-1-2-10(14)16-11/h1-5H,15H2,(H,16,17). The topological polar surface area (TPSA) is 85.1 Å². The molecule has 0 aliphatic heterocycles. The Morgan fingerprint density at radius 2 is 1.95 bits per heavy atom. The maximum absolute atomic E-state index is 13.7. The quantitative estimate of drug-likeness (QED) is 0.672. The Kier molecular flexibility index (Phi) is 3.78. The summed E-state index contributed by atoms with van der Waals surface area (Å²) < 4.78 is 52.5. The molecule has 0 aliphatic carbocycles. The summed E-state index contributed by atoms with van der Waals surface area (Å²) in [4.78, 5) is 2.61. The molecule has 1 heterocycles. The van der Waals surface area contributed by atoms with Gasteiger partial charge in [0, 0.05) is 0 Å². The molecule has 0 unspecified atom stereocenters. The van der Waals surface area contributed by atoms with E-state index in [1.54, 1.807) is 0 Å². The molecule has 0 atom stereocenters. The number of aromatic nitrogens is 1. The molecule has 5 nitrogen and oxygen atoms in total. The smallest absolute Gasteiger partial charge is 0.266 e. The minimum Gasteiger partial charge on any atom is -0.397 e. The van der Waals surface area contributed by atoms with Crippen molar-refractivity contribution in [1.82, 2.24) is 4.98 Å². The van der Waals surface area contributed by atoms with Gasteiger partial charge in [-0.1, -0.05) is 17.7 Å². The van der Waals surface area contributed by atoms with E-state index in [0.717, 1.165) is 18.2 Å². The SMILES string of the molecule is Nc1cc(F)c(S(=O)(=O)Nc2cccc(F)n2)cc1Cl. The molecule has 0 spiro atoms. The zero-order valence-electron chi connectivity index (χ0n) is 9.77. The fourth-order valence-corrected chi connectivity index (χ4v) is 2.72. The average Bonchev–Trinajstić information content (AvgIpc) is 2.33. The van der Waals surface area contributed by atoms with Crippen LogP contribution in [0.5, 0.6) is 0 Å². The molecular formula is C11H8ClF2N3O2S. The van der Waals surface area contributed by atoms with E-state index in [1.807, 2.05) is 4.72 Å². The number of sulfonamides is 1. The van der Waals surface area contributed by atoms with Crippen molar-refractivity contribution >= 4 is 33.1 Å². The predicted octanol–water partition coefficient (Wildman–Crippen LogP) is 2.40. The number of nitrogens with two attached hydrogens (primary N) is 1. The first-order chi connectivity index (χ1) is 9.29. The molecule has 0 saturated carbocycles. The number of anilines is 2. The van der Waals surface area contributed by atoms with Crippen LogP contribution in [0, 0.1) is 11.8 Å². The molecule has 0 fully saturated rings. The van der Waals surface area contributed by atoms with Crippen molar-refractivity contribution in [3.63, 3.8) is 0 Å². The summed E-state index contributed by atoms with van der Waals surface area (Å²) in [6.45, 7) is 0. The lowest BCUT2D eigenvalue weighted by Crippen LogP contribution is -2.16. The Morgan fingerprint density at radius 3 is 2.60 bits per heavy atom. The predicted molar refractivity (Wildman–Crippen MR) is 70.8 cm³/mol. The van der Waals surface area contributed by atoms with Crippen molar-refractivity contribution in [2.45, 2.75) is 4.90 Å². The van der Waals surface area contributed by atoms with Crippen LogP contribution in [-0.4, -0.2) is 13.4 Å². The first kappa shape index (κ1) is 14.5. The highest BCUT2D eigenvalue weighted by atomic mass is 35.5. The summed E-state index contributed by atoms with van der Waals surface area (Å²) in [5.41, 5.74) is 5.27. The van der Waals surface area contributed by atoms with Crippen molar-refractivity contribution in [2.24, 2.45) is 0 Å². The number of hydrogen-bond donors (Lipinski definition) is 2. The normalized spacial score (nSPS) is 11.3. The Labute approximate surface area is 118 Å². The molecule has 106 valence electrons. The number of nitrogen functional groups attached to an aromatic ring is 1. The second-order valence-corrected chi connectivity index (χ2v) is 5.81. The van der Waals surface area contributed by atoms with Gasteiger partial charge >= 0.3 is 0 Å². The van der Waals surface area contributed by atoms with E-state index in [4.69, 9.17) is 17.3 Å². The molecule has 0 aliphatic rings. The van der Waals surface area contributed by atoms with Crippen LogP contribution in [0.2, 0.25) is 5.02 Å². The first-order valence-electron chi connectivity index (χ1n) is 5.19. The van der Waals surface area contributed by atoms with E-state index in [1.165, 1.54) is 12.1 Å². The van der Waals surface area contributed by atoms with Crippen molar-refractivity contribution in [3.05, 3.63) is 47.1 Å². The van der Waals surface area contributed by atoms with E-state index < -0.39 is 26.7 Å². The van der Waals surface area contributed by atoms with Gasteiger partial charge < -0.3 is 5.73 Å². The van der Waals surface area contributed by atoms with Crippen LogP contribution in [0.3, 0.4) is 0 Å². The number of rotatable bonds is 3. The second-order valence-electron chi connectivity index (χ2n) is 3.76. The van der Waals surface area contributed by atoms with Crippen molar-refractivity contribution in [3.8, 4) is 0 Å². The van der Waals surface area contributed by atoms with Crippen LogP contribution in [-0.2, 0) is 10.0 Å². The minimum absolute atomic E-state index is 0.0907. The van der Waals surface area contributed by atoms with Gasteiger partial charge in [0.2, 0.25) is 5.95 Å². The van der Waals surface area contributed by atoms with Gasteiger partial charge in [0.25, 0.3) is 10.0 Å². The minimum atomic E-state index is -4.29. The number of nitrogens with zero attached hydrogens (tertiary/aromatic N) is 1. The highest BCUT2D eigenvalue weighted by Gasteiger charge is 2.21. The lowest BCUT2D eigenvalue weighted by molar-refractivity contribution is 0.570. The largest absolute Gasteiger partial charge is 0.397 e. The fraction of sp³-hybridized carbons (Fsp3) is 0. The Bertz CT molecular complexity index is 768. The van der Waals surface area contributed by atoms with E-state index in [-0.39, 0.29) is 16.5 Å². The Morgan fingerprint density at radius 1 is 1.25 bits per heavy atom. The monoisotopic (exact) mass is 319 g/mol. The van der Waals surface area contributed by atoms with E-state index in [9.17, 15) is 17.2 Å². The summed E-state index contributed by atoms with van der Waals surface area (Å²) >= 11 is 5.66. The molecule has 0 amide bonds. The lowest BCUT2D eigenvalue weighted by Gasteiger charge is -2.09. The van der Waals surface area contributed by atoms with Gasteiger partial charge in [0.05, 0.1) is 10.7 Å². The van der Waals surface area contributed by atoms with Crippen molar-refractivity contribution in [1.29, 1.82) is 0 Å². The number of nitrogens with one attached hydrogen (secondary N) is 1. The van der Waals surface area contributed by atoms with E-state index in [2.05, 4.69) is 4.98 Å². The summed E-state index contributed by atoms with van der Waals surface area (Å²) in [5.74, 6) is -2.23. The van der Waals surface area contributed by atoms with Gasteiger partial charge in [-0.3, -0.25) is 4.72 Å². The molecule has 20 heavy (non-hydrogen) atoms. The van der Waals surface area contributed by atoms with Crippen molar-refractivity contribution < 1.29 is 17.2 Å². The van der Waals surface area contributed by atoms with Crippen LogP contribution >= 0.6 is 11.6 Å². The third kappa shape index (κ3) is 2.97. The molecule has 9 heteroatoms. The van der Waals surface area contributed by atoms with Crippen LogP contribution in [0.1, 0.15) is 0 Å². The number of halogens is 3. The van der Waals surface area contributed by atoms with Crippen LogP contribution in [0.15, 0.2) is 35.2 Å². The highest BCUT2D eigenvalue weighted by molar-refractivity contribution is 7.92. The third-order valence-corrected chi connectivity index (χ3v) is 3.99.